The lowest BCUT2D eigenvalue weighted by Crippen LogP contribution is -2.50. The quantitative estimate of drug-likeness (QED) is 0.370. The molecule has 36 heavy (non-hydrogen) atoms. The smallest absolute Gasteiger partial charge is 0.260 e. The van der Waals surface area contributed by atoms with Gasteiger partial charge < -0.3 is 14.5 Å². The third kappa shape index (κ3) is 4.43. The summed E-state index contributed by atoms with van der Waals surface area (Å²) in [7, 11) is 0. The van der Waals surface area contributed by atoms with E-state index in [0.29, 0.717) is 49.6 Å². The van der Waals surface area contributed by atoms with Crippen molar-refractivity contribution in [1.29, 1.82) is 0 Å². The van der Waals surface area contributed by atoms with E-state index in [1.165, 1.54) is 0 Å². The Hall–Kier alpha value is -4.53. The Bertz CT molecular complexity index is 1510. The van der Waals surface area contributed by atoms with Gasteiger partial charge in [0.1, 0.15) is 12.1 Å². The largest absolute Gasteiger partial charge is 0.484 e. The van der Waals surface area contributed by atoms with Crippen molar-refractivity contribution in [2.75, 3.05) is 37.7 Å². The van der Waals surface area contributed by atoms with Gasteiger partial charge in [-0.2, -0.15) is 0 Å². The van der Waals surface area contributed by atoms with Gasteiger partial charge >= 0.3 is 0 Å². The van der Waals surface area contributed by atoms with Crippen LogP contribution >= 0.6 is 0 Å². The van der Waals surface area contributed by atoms with Gasteiger partial charge in [-0.15, -0.1) is 5.10 Å². The molecular formula is C27H25N7O2. The predicted molar refractivity (Wildman–Crippen MR) is 137 cm³/mol. The van der Waals surface area contributed by atoms with Crippen LogP contribution in [0, 0.1) is 0 Å². The van der Waals surface area contributed by atoms with Crippen LogP contribution in [-0.2, 0) is 11.3 Å². The molecule has 5 aromatic rings. The van der Waals surface area contributed by atoms with Crippen molar-refractivity contribution in [1.82, 2.24) is 29.9 Å². The normalized spacial score (nSPS) is 13.9. The molecule has 3 heterocycles. The molecular weight excluding hydrogens is 454 g/mol. The molecule has 0 N–H and O–H groups in total. The number of hydrogen-bond acceptors (Lipinski definition) is 7. The maximum atomic E-state index is 12.8. The number of amides is 1. The minimum atomic E-state index is -0.0237. The van der Waals surface area contributed by atoms with E-state index in [1.807, 2.05) is 59.5 Å². The van der Waals surface area contributed by atoms with Gasteiger partial charge in [0.15, 0.2) is 23.6 Å². The fraction of sp³-hybridized carbons (Fsp3) is 0.222. The summed E-state index contributed by atoms with van der Waals surface area (Å²) in [6, 6.07) is 24.1. The van der Waals surface area contributed by atoms with E-state index in [1.54, 1.807) is 11.0 Å². The first-order valence-corrected chi connectivity index (χ1v) is 12.0. The summed E-state index contributed by atoms with van der Waals surface area (Å²) < 4.78 is 7.59. The molecule has 0 spiro atoms. The van der Waals surface area contributed by atoms with E-state index < -0.39 is 0 Å². The summed E-state index contributed by atoms with van der Waals surface area (Å²) in [5.41, 5.74) is 2.50. The third-order valence-electron chi connectivity index (χ3n) is 6.47. The zero-order valence-corrected chi connectivity index (χ0v) is 19.7. The van der Waals surface area contributed by atoms with Gasteiger partial charge in [0.25, 0.3) is 5.91 Å². The minimum Gasteiger partial charge on any atom is -0.484 e. The number of anilines is 1. The molecule has 2 aromatic heterocycles. The maximum Gasteiger partial charge on any atom is 0.260 e. The second-order valence-corrected chi connectivity index (χ2v) is 8.77. The van der Waals surface area contributed by atoms with Gasteiger partial charge in [0.2, 0.25) is 0 Å². The Morgan fingerprint density at radius 1 is 0.861 bits per heavy atom. The Kier molecular flexibility index (Phi) is 5.87. The average Bonchev–Trinajstić information content (AvgIpc) is 3.35. The summed E-state index contributed by atoms with van der Waals surface area (Å²) in [6.45, 7) is 3.09. The van der Waals surface area contributed by atoms with Gasteiger partial charge in [-0.25, -0.2) is 14.6 Å². The van der Waals surface area contributed by atoms with E-state index in [9.17, 15) is 4.79 Å². The summed E-state index contributed by atoms with van der Waals surface area (Å²) in [5.74, 6) is 1.42. The Balaban J connectivity index is 1.08. The Morgan fingerprint density at radius 2 is 1.64 bits per heavy atom. The number of piperazine rings is 1. The van der Waals surface area contributed by atoms with Crippen LogP contribution in [0.5, 0.6) is 5.75 Å². The van der Waals surface area contributed by atoms with Gasteiger partial charge in [0.05, 0.1) is 6.54 Å². The van der Waals surface area contributed by atoms with Crippen molar-refractivity contribution in [3.8, 4) is 5.75 Å². The highest BCUT2D eigenvalue weighted by Crippen LogP contribution is 2.23. The first kappa shape index (κ1) is 22.0. The molecule has 0 unspecified atom stereocenters. The predicted octanol–water partition coefficient (Wildman–Crippen LogP) is 3.15. The van der Waals surface area contributed by atoms with Crippen LogP contribution in [0.2, 0.25) is 0 Å². The highest BCUT2D eigenvalue weighted by molar-refractivity contribution is 5.84. The van der Waals surface area contributed by atoms with Crippen LogP contribution in [0.25, 0.3) is 21.9 Å². The highest BCUT2D eigenvalue weighted by Gasteiger charge is 2.25. The van der Waals surface area contributed by atoms with Crippen molar-refractivity contribution < 1.29 is 9.53 Å². The molecule has 1 aliphatic rings. The van der Waals surface area contributed by atoms with Gasteiger partial charge in [0, 0.05) is 26.2 Å². The van der Waals surface area contributed by atoms with Crippen molar-refractivity contribution in [3.05, 3.63) is 84.7 Å². The number of nitrogens with zero attached hydrogens (tertiary/aromatic N) is 7. The number of carbonyl (C=O) groups is 1. The topological polar surface area (TPSA) is 89.3 Å². The Morgan fingerprint density at radius 3 is 2.47 bits per heavy atom. The van der Waals surface area contributed by atoms with E-state index in [2.05, 4.69) is 43.4 Å². The van der Waals surface area contributed by atoms with E-state index in [0.717, 1.165) is 22.2 Å². The Labute approximate surface area is 207 Å². The number of hydrogen-bond donors (Lipinski definition) is 0. The first-order valence-electron chi connectivity index (χ1n) is 12.0. The highest BCUT2D eigenvalue weighted by atomic mass is 16.5. The van der Waals surface area contributed by atoms with Crippen molar-refractivity contribution >= 4 is 33.7 Å². The van der Waals surface area contributed by atoms with E-state index in [-0.39, 0.29) is 12.5 Å². The lowest BCUT2D eigenvalue weighted by Gasteiger charge is -2.35. The maximum absolute atomic E-state index is 12.8. The molecule has 6 rings (SSSR count). The monoisotopic (exact) mass is 479 g/mol. The molecule has 0 radical (unpaired) electrons. The van der Waals surface area contributed by atoms with Crippen LogP contribution in [0.4, 0.5) is 5.82 Å². The molecule has 3 aromatic carbocycles. The van der Waals surface area contributed by atoms with Gasteiger partial charge in [-0.05, 0) is 28.5 Å². The minimum absolute atomic E-state index is 0.0178. The summed E-state index contributed by atoms with van der Waals surface area (Å²) in [6.07, 6.45) is 1.55. The molecule has 1 fully saturated rings. The van der Waals surface area contributed by atoms with Crippen LogP contribution in [0.3, 0.4) is 0 Å². The van der Waals surface area contributed by atoms with E-state index in [4.69, 9.17) is 4.74 Å². The fourth-order valence-corrected chi connectivity index (χ4v) is 4.54. The molecule has 1 saturated heterocycles. The van der Waals surface area contributed by atoms with Crippen LogP contribution in [-0.4, -0.2) is 68.6 Å². The van der Waals surface area contributed by atoms with Crippen LogP contribution in [0.15, 0.2) is 79.1 Å². The number of rotatable bonds is 6. The number of fused-ring (bicyclic) bond motifs is 2. The van der Waals surface area contributed by atoms with Gasteiger partial charge in [-0.3, -0.25) is 4.79 Å². The zero-order valence-electron chi connectivity index (χ0n) is 19.7. The fourth-order valence-electron chi connectivity index (χ4n) is 4.54. The standard InChI is InChI=1S/C27H25N7O2/c35-24(18-36-23-11-10-21-8-4-5-9-22(21)16-23)32-12-14-33(15-13-32)26-25-27(29-19-28-26)34(31-30-25)17-20-6-2-1-3-7-20/h1-11,16,19H,12-15,17-18H2. The van der Waals surface area contributed by atoms with Crippen LogP contribution in [0.1, 0.15) is 5.56 Å². The van der Waals surface area contributed by atoms with E-state index >= 15 is 0 Å². The zero-order chi connectivity index (χ0) is 24.3. The molecule has 0 bridgehead atoms. The molecule has 0 aliphatic carbocycles. The van der Waals surface area contributed by atoms with Gasteiger partial charge in [-0.1, -0.05) is 65.9 Å². The number of aromatic nitrogens is 5. The summed E-state index contributed by atoms with van der Waals surface area (Å²) in [5, 5.41) is 10.9. The first-order chi connectivity index (χ1) is 17.7. The second-order valence-electron chi connectivity index (χ2n) is 8.77. The van der Waals surface area contributed by atoms with Crippen molar-refractivity contribution in [2.45, 2.75) is 6.54 Å². The molecule has 9 heteroatoms. The molecule has 9 nitrogen and oxygen atoms in total. The molecule has 1 amide bonds. The van der Waals surface area contributed by atoms with Crippen molar-refractivity contribution in [3.63, 3.8) is 0 Å². The molecule has 180 valence electrons. The third-order valence-corrected chi connectivity index (χ3v) is 6.47. The van der Waals surface area contributed by atoms with Crippen molar-refractivity contribution in [2.24, 2.45) is 0 Å². The number of benzene rings is 3. The second kappa shape index (κ2) is 9.61. The molecule has 0 atom stereocenters. The average molecular weight is 480 g/mol. The summed E-state index contributed by atoms with van der Waals surface area (Å²) in [4.78, 5) is 25.7. The summed E-state index contributed by atoms with van der Waals surface area (Å²) >= 11 is 0. The number of ether oxygens (including phenoxy) is 1. The SMILES string of the molecule is O=C(COc1ccc2ccccc2c1)N1CCN(c2ncnc3c2nnn3Cc2ccccc2)CC1. The number of carbonyl (C=O) groups excluding carboxylic acids is 1. The lowest BCUT2D eigenvalue weighted by molar-refractivity contribution is -0.133. The molecule has 1 aliphatic heterocycles. The molecule has 0 saturated carbocycles. The lowest BCUT2D eigenvalue weighted by atomic mass is 10.1. The van der Waals surface area contributed by atoms with Crippen LogP contribution < -0.4 is 9.64 Å².